The van der Waals surface area contributed by atoms with Crippen molar-refractivity contribution in [1.29, 1.82) is 0 Å². The summed E-state index contributed by atoms with van der Waals surface area (Å²) in [5.74, 6) is -2.65. The van der Waals surface area contributed by atoms with E-state index in [0.717, 1.165) is 0 Å². The lowest BCUT2D eigenvalue weighted by Crippen LogP contribution is -2.38. The fraction of sp³-hybridized carbons (Fsp3) is 0.500. The molecule has 1 heterocycles. The number of rotatable bonds is 3. The van der Waals surface area contributed by atoms with Crippen molar-refractivity contribution in [1.82, 2.24) is 4.90 Å². The van der Waals surface area contributed by atoms with Crippen LogP contribution in [0.25, 0.3) is 0 Å². The molecule has 1 aliphatic rings. The van der Waals surface area contributed by atoms with Gasteiger partial charge in [0, 0.05) is 43.0 Å². The van der Waals surface area contributed by atoms with Gasteiger partial charge in [0.1, 0.15) is 5.60 Å². The Hall–Kier alpha value is -2.64. The molecule has 0 aliphatic carbocycles. The van der Waals surface area contributed by atoms with Gasteiger partial charge in [0.2, 0.25) is 0 Å². The maximum absolute atomic E-state index is 12.2. The molecule has 0 bridgehead atoms. The van der Waals surface area contributed by atoms with Gasteiger partial charge in [0.15, 0.2) is 0 Å². The highest BCUT2D eigenvalue weighted by Gasteiger charge is 2.38. The van der Waals surface area contributed by atoms with E-state index in [1.807, 2.05) is 0 Å². The van der Waals surface area contributed by atoms with Crippen LogP contribution >= 0.6 is 0 Å². The molecule has 0 radical (unpaired) electrons. The Morgan fingerprint density at radius 2 is 1.79 bits per heavy atom. The molecular weight excluding hydrogens is 316 g/mol. The summed E-state index contributed by atoms with van der Waals surface area (Å²) in [6.07, 6.45) is -0.585. The molecule has 1 aliphatic heterocycles. The number of amides is 1. The van der Waals surface area contributed by atoms with Crippen molar-refractivity contribution in [3.05, 3.63) is 39.9 Å². The number of nitro benzene ring substituents is 1. The zero-order valence-corrected chi connectivity index (χ0v) is 13.7. The monoisotopic (exact) mass is 335 g/mol. The highest BCUT2D eigenvalue weighted by molar-refractivity contribution is 5.74. The first-order chi connectivity index (χ1) is 11.1. The third-order valence-corrected chi connectivity index (χ3v) is 3.81. The number of nitrogens with zero attached hydrogens (tertiary/aromatic N) is 2. The van der Waals surface area contributed by atoms with Crippen molar-refractivity contribution >= 4 is 17.7 Å². The maximum Gasteiger partial charge on any atom is 0.410 e. The molecule has 2 atom stereocenters. The lowest BCUT2D eigenvalue weighted by molar-refractivity contribution is -0.384. The van der Waals surface area contributed by atoms with Crippen molar-refractivity contribution in [3.63, 3.8) is 0 Å². The molecule has 0 aromatic heterocycles. The third-order valence-electron chi connectivity index (χ3n) is 3.81. The smallest absolute Gasteiger partial charge is 0.410 e. The number of hydrogen-bond acceptors (Lipinski definition) is 6. The zero-order chi connectivity index (χ0) is 18.1. The van der Waals surface area contributed by atoms with Crippen LogP contribution in [0.4, 0.5) is 10.5 Å². The van der Waals surface area contributed by atoms with E-state index in [1.165, 1.54) is 29.2 Å². The number of non-ortho nitro benzene ring substituents is 1. The van der Waals surface area contributed by atoms with Crippen LogP contribution in [-0.4, -0.2) is 40.6 Å². The van der Waals surface area contributed by atoms with Crippen LogP contribution in [0.3, 0.4) is 0 Å². The molecule has 1 fully saturated rings. The normalized spacial score (nSPS) is 20.7. The second-order valence-corrected chi connectivity index (χ2v) is 6.77. The SMILES string of the molecule is CC(C)(C)OC(=O)N1C[C@@H](C(=O)[O-])[C@H](c2ccc([N+](=O)[O-])cc2)C1. The molecule has 1 aromatic carbocycles. The lowest BCUT2D eigenvalue weighted by atomic mass is 9.89. The predicted octanol–water partition coefficient (Wildman–Crippen LogP) is 1.30. The van der Waals surface area contributed by atoms with Crippen LogP contribution in [0.2, 0.25) is 0 Å². The van der Waals surface area contributed by atoms with Crippen molar-refractivity contribution in [2.75, 3.05) is 13.1 Å². The molecule has 0 N–H and O–H groups in total. The van der Waals surface area contributed by atoms with E-state index < -0.39 is 34.4 Å². The minimum absolute atomic E-state index is 0.0150. The van der Waals surface area contributed by atoms with Gasteiger partial charge in [0.25, 0.3) is 5.69 Å². The molecule has 8 nitrogen and oxygen atoms in total. The first-order valence-corrected chi connectivity index (χ1v) is 7.51. The van der Waals surface area contributed by atoms with E-state index in [-0.39, 0.29) is 18.8 Å². The number of carboxylic acid groups (broad SMARTS) is 1. The van der Waals surface area contributed by atoms with Gasteiger partial charge >= 0.3 is 6.09 Å². The Balaban J connectivity index is 2.20. The molecule has 1 saturated heterocycles. The number of benzene rings is 1. The topological polar surface area (TPSA) is 113 Å². The van der Waals surface area contributed by atoms with E-state index in [0.29, 0.717) is 5.56 Å². The van der Waals surface area contributed by atoms with Crippen molar-refractivity contribution < 1.29 is 24.4 Å². The predicted molar refractivity (Wildman–Crippen MR) is 82.1 cm³/mol. The van der Waals surface area contributed by atoms with Gasteiger partial charge in [-0.25, -0.2) is 4.79 Å². The van der Waals surface area contributed by atoms with E-state index in [4.69, 9.17) is 4.74 Å². The third kappa shape index (κ3) is 4.01. The van der Waals surface area contributed by atoms with Crippen LogP contribution in [0.5, 0.6) is 0 Å². The van der Waals surface area contributed by atoms with E-state index in [9.17, 15) is 24.8 Å². The molecule has 1 aromatic rings. The van der Waals surface area contributed by atoms with E-state index >= 15 is 0 Å². The average Bonchev–Trinajstić information content (AvgIpc) is 2.91. The molecule has 24 heavy (non-hydrogen) atoms. The van der Waals surface area contributed by atoms with Crippen LogP contribution in [0.15, 0.2) is 24.3 Å². The lowest BCUT2D eigenvalue weighted by Gasteiger charge is -2.24. The van der Waals surface area contributed by atoms with Gasteiger partial charge in [-0.2, -0.15) is 0 Å². The Bertz CT molecular complexity index is 650. The zero-order valence-electron chi connectivity index (χ0n) is 13.7. The number of carbonyl (C=O) groups is 2. The van der Waals surface area contributed by atoms with Crippen LogP contribution in [0.1, 0.15) is 32.3 Å². The van der Waals surface area contributed by atoms with Gasteiger partial charge in [0.05, 0.1) is 4.92 Å². The Kier molecular flexibility index (Phi) is 4.77. The van der Waals surface area contributed by atoms with Crippen molar-refractivity contribution in [3.8, 4) is 0 Å². The maximum atomic E-state index is 12.2. The van der Waals surface area contributed by atoms with Gasteiger partial charge < -0.3 is 19.5 Å². The highest BCUT2D eigenvalue weighted by Crippen LogP contribution is 2.34. The number of likely N-dealkylation sites (tertiary alicyclic amines) is 1. The quantitative estimate of drug-likeness (QED) is 0.607. The van der Waals surface area contributed by atoms with Crippen molar-refractivity contribution in [2.45, 2.75) is 32.3 Å². The Labute approximate surface area is 139 Å². The first-order valence-electron chi connectivity index (χ1n) is 7.51. The summed E-state index contributed by atoms with van der Waals surface area (Å²) in [6.45, 7) is 5.32. The van der Waals surface area contributed by atoms with Gasteiger partial charge in [-0.1, -0.05) is 12.1 Å². The summed E-state index contributed by atoms with van der Waals surface area (Å²) >= 11 is 0. The summed E-state index contributed by atoms with van der Waals surface area (Å²) in [5.41, 5.74) is -0.147. The molecule has 8 heteroatoms. The van der Waals surface area contributed by atoms with Crippen molar-refractivity contribution in [2.24, 2.45) is 5.92 Å². The van der Waals surface area contributed by atoms with Gasteiger partial charge in [-0.15, -0.1) is 0 Å². The first kappa shape index (κ1) is 17.7. The number of carbonyl (C=O) groups excluding carboxylic acids is 2. The molecule has 130 valence electrons. The summed E-state index contributed by atoms with van der Waals surface area (Å²) in [7, 11) is 0. The summed E-state index contributed by atoms with van der Waals surface area (Å²) < 4.78 is 5.27. The fourth-order valence-electron chi connectivity index (χ4n) is 2.70. The molecular formula is C16H19N2O6-. The molecule has 0 unspecified atom stereocenters. The van der Waals surface area contributed by atoms with Gasteiger partial charge in [-0.05, 0) is 26.3 Å². The Morgan fingerprint density at radius 3 is 2.25 bits per heavy atom. The number of carboxylic acids is 1. The second-order valence-electron chi connectivity index (χ2n) is 6.77. The second kappa shape index (κ2) is 6.46. The molecule has 0 saturated carbocycles. The highest BCUT2D eigenvalue weighted by atomic mass is 16.6. The summed E-state index contributed by atoms with van der Waals surface area (Å²) in [6, 6.07) is 5.66. The number of hydrogen-bond donors (Lipinski definition) is 0. The Morgan fingerprint density at radius 1 is 1.21 bits per heavy atom. The molecule has 0 spiro atoms. The number of ether oxygens (including phenoxy) is 1. The molecule has 1 amide bonds. The average molecular weight is 335 g/mol. The minimum Gasteiger partial charge on any atom is -0.550 e. The summed E-state index contributed by atoms with van der Waals surface area (Å²) in [5, 5.41) is 22.1. The van der Waals surface area contributed by atoms with Gasteiger partial charge in [-0.3, -0.25) is 10.1 Å². The standard InChI is InChI=1S/C16H20N2O6/c1-16(2,3)24-15(21)17-8-12(13(9-17)14(19)20)10-4-6-11(7-5-10)18(22)23/h4-7,12-13H,8-9H2,1-3H3,(H,19,20)/p-1/t12-,13+/m0/s1. The minimum atomic E-state index is -1.26. The fourth-order valence-corrected chi connectivity index (χ4v) is 2.70. The van der Waals surface area contributed by atoms with E-state index in [2.05, 4.69) is 0 Å². The van der Waals surface area contributed by atoms with E-state index in [1.54, 1.807) is 20.8 Å². The van der Waals surface area contributed by atoms with Crippen LogP contribution in [0, 0.1) is 16.0 Å². The summed E-state index contributed by atoms with van der Waals surface area (Å²) in [4.78, 5) is 35.1. The van der Waals surface area contributed by atoms with Crippen LogP contribution in [-0.2, 0) is 9.53 Å². The number of nitro groups is 1. The number of aliphatic carboxylic acids is 1. The van der Waals surface area contributed by atoms with Crippen LogP contribution < -0.4 is 5.11 Å². The largest absolute Gasteiger partial charge is 0.550 e. The molecule has 2 rings (SSSR count).